The fourth-order valence-electron chi connectivity index (χ4n) is 0.975. The number of rotatable bonds is 2. The van der Waals surface area contributed by atoms with Crippen molar-refractivity contribution in [1.82, 2.24) is 0 Å². The van der Waals surface area contributed by atoms with Crippen LogP contribution in [0, 0.1) is 21.4 Å². The molecule has 0 fully saturated rings. The molecule has 14 heavy (non-hydrogen) atoms. The summed E-state index contributed by atoms with van der Waals surface area (Å²) in [7, 11) is 0. The van der Waals surface area contributed by atoms with Crippen molar-refractivity contribution < 1.29 is 4.92 Å². The first-order valence-electron chi connectivity index (χ1n) is 3.52. The molecule has 1 aromatic rings. The Hall–Kier alpha value is -1.25. The number of benzene rings is 1. The van der Waals surface area contributed by atoms with Gasteiger partial charge in [-0.2, -0.15) is 5.26 Å². The molecule has 4 nitrogen and oxygen atoms in total. The summed E-state index contributed by atoms with van der Waals surface area (Å²) in [5.41, 5.74) is 0.0704. The third-order valence-electron chi connectivity index (χ3n) is 1.56. The summed E-state index contributed by atoms with van der Waals surface area (Å²) in [5.74, 6) is 0. The van der Waals surface area contributed by atoms with Crippen LogP contribution in [0.25, 0.3) is 0 Å². The van der Waals surface area contributed by atoms with Crippen LogP contribution in [0.3, 0.4) is 0 Å². The van der Waals surface area contributed by atoms with Gasteiger partial charge in [0.2, 0.25) is 0 Å². The maximum Gasteiger partial charge on any atom is 0.272 e. The molecule has 0 bridgehead atoms. The monoisotopic (exact) mass is 228 g/mol. The highest BCUT2D eigenvalue weighted by molar-refractivity contribution is 7.98. The third-order valence-corrected chi connectivity index (χ3v) is 2.82. The number of nitriles is 1. The lowest BCUT2D eigenvalue weighted by Gasteiger charge is -2.02. The summed E-state index contributed by atoms with van der Waals surface area (Å²) in [5, 5.41) is 19.4. The fourth-order valence-corrected chi connectivity index (χ4v) is 2.00. The SMILES string of the molecule is CSc1c(Cl)cc([N+](=O)[O-])cc1C#N. The average molecular weight is 229 g/mol. The molecule has 0 amide bonds. The van der Waals surface area contributed by atoms with Crippen LogP contribution >= 0.6 is 23.4 Å². The number of non-ortho nitro benzene ring substituents is 1. The molecule has 0 aliphatic heterocycles. The van der Waals surface area contributed by atoms with Crippen LogP contribution in [0.1, 0.15) is 5.56 Å². The number of halogens is 1. The Labute approximate surface area is 89.6 Å². The van der Waals surface area contributed by atoms with Gasteiger partial charge in [0.15, 0.2) is 0 Å². The van der Waals surface area contributed by atoms with Crippen molar-refractivity contribution in [3.05, 3.63) is 32.8 Å². The van der Waals surface area contributed by atoms with Crippen molar-refractivity contribution in [2.24, 2.45) is 0 Å². The lowest BCUT2D eigenvalue weighted by molar-refractivity contribution is -0.384. The van der Waals surface area contributed by atoms with Gasteiger partial charge in [0.25, 0.3) is 5.69 Å². The van der Waals surface area contributed by atoms with Gasteiger partial charge in [0, 0.05) is 17.0 Å². The van der Waals surface area contributed by atoms with E-state index in [2.05, 4.69) is 0 Å². The summed E-state index contributed by atoms with van der Waals surface area (Å²) in [6, 6.07) is 4.34. The number of nitrogens with zero attached hydrogens (tertiary/aromatic N) is 2. The Balaban J connectivity index is 3.41. The van der Waals surface area contributed by atoms with E-state index in [1.165, 1.54) is 23.9 Å². The smallest absolute Gasteiger partial charge is 0.258 e. The first kappa shape index (κ1) is 10.8. The van der Waals surface area contributed by atoms with E-state index >= 15 is 0 Å². The van der Waals surface area contributed by atoms with Crippen molar-refractivity contribution in [2.75, 3.05) is 6.26 Å². The molecule has 0 unspecified atom stereocenters. The van der Waals surface area contributed by atoms with Crippen molar-refractivity contribution in [3.8, 4) is 6.07 Å². The quantitative estimate of drug-likeness (QED) is 0.443. The van der Waals surface area contributed by atoms with E-state index in [-0.39, 0.29) is 16.3 Å². The van der Waals surface area contributed by atoms with Crippen LogP contribution in [-0.4, -0.2) is 11.2 Å². The number of hydrogen-bond donors (Lipinski definition) is 0. The normalized spacial score (nSPS) is 9.50. The Bertz CT molecular complexity index is 428. The molecule has 0 heterocycles. The largest absolute Gasteiger partial charge is 0.272 e. The summed E-state index contributed by atoms with van der Waals surface area (Å²) < 4.78 is 0. The zero-order valence-electron chi connectivity index (χ0n) is 7.15. The lowest BCUT2D eigenvalue weighted by Crippen LogP contribution is -1.91. The first-order chi connectivity index (χ1) is 6.60. The highest BCUT2D eigenvalue weighted by atomic mass is 35.5. The predicted molar refractivity (Wildman–Crippen MR) is 54.6 cm³/mol. The minimum atomic E-state index is -0.573. The number of nitro groups is 1. The molecule has 72 valence electrons. The molecule has 0 aliphatic rings. The Morgan fingerprint density at radius 2 is 2.29 bits per heavy atom. The molecule has 0 saturated heterocycles. The third kappa shape index (κ3) is 1.97. The lowest BCUT2D eigenvalue weighted by atomic mass is 10.2. The molecule has 0 aliphatic carbocycles. The van der Waals surface area contributed by atoms with Gasteiger partial charge in [-0.05, 0) is 6.26 Å². The molecule has 1 aromatic carbocycles. The first-order valence-corrected chi connectivity index (χ1v) is 5.12. The molecule has 1 rings (SSSR count). The number of hydrogen-bond acceptors (Lipinski definition) is 4. The Kier molecular flexibility index (Phi) is 3.33. The molecule has 0 N–H and O–H groups in total. The molecule has 0 aromatic heterocycles. The second kappa shape index (κ2) is 4.31. The highest BCUT2D eigenvalue weighted by Crippen LogP contribution is 2.32. The summed E-state index contributed by atoms with van der Waals surface area (Å²) in [4.78, 5) is 10.4. The van der Waals surface area contributed by atoms with Crippen molar-refractivity contribution in [1.29, 1.82) is 5.26 Å². The van der Waals surface area contributed by atoms with Crippen LogP contribution in [0.2, 0.25) is 5.02 Å². The van der Waals surface area contributed by atoms with Crippen LogP contribution in [0.4, 0.5) is 5.69 Å². The molecule has 6 heteroatoms. The molecule has 0 spiro atoms. The minimum absolute atomic E-state index is 0.163. The minimum Gasteiger partial charge on any atom is -0.258 e. The van der Waals surface area contributed by atoms with Gasteiger partial charge in [0.05, 0.1) is 15.5 Å². The predicted octanol–water partition coefficient (Wildman–Crippen LogP) is 2.84. The van der Waals surface area contributed by atoms with Crippen LogP contribution < -0.4 is 0 Å². The average Bonchev–Trinajstić information content (AvgIpc) is 2.16. The Morgan fingerprint density at radius 1 is 1.64 bits per heavy atom. The molecular formula is C8H5ClN2O2S. The van der Waals surface area contributed by atoms with Crippen LogP contribution in [0.15, 0.2) is 17.0 Å². The highest BCUT2D eigenvalue weighted by Gasteiger charge is 2.14. The second-order valence-corrected chi connectivity index (χ2v) is 3.60. The topological polar surface area (TPSA) is 66.9 Å². The maximum absolute atomic E-state index is 10.5. The van der Waals surface area contributed by atoms with E-state index in [0.717, 1.165) is 0 Å². The van der Waals surface area contributed by atoms with Crippen molar-refractivity contribution in [3.63, 3.8) is 0 Å². The molecule has 0 radical (unpaired) electrons. The summed E-state index contributed by atoms with van der Waals surface area (Å²) in [6.45, 7) is 0. The number of nitro benzene ring substituents is 1. The summed E-state index contributed by atoms with van der Waals surface area (Å²) in [6.07, 6.45) is 1.76. The van der Waals surface area contributed by atoms with Gasteiger partial charge in [-0.25, -0.2) is 0 Å². The zero-order chi connectivity index (χ0) is 10.7. The van der Waals surface area contributed by atoms with E-state index < -0.39 is 4.92 Å². The van der Waals surface area contributed by atoms with Crippen LogP contribution in [0.5, 0.6) is 0 Å². The van der Waals surface area contributed by atoms with Gasteiger partial charge in [-0.1, -0.05) is 11.6 Å². The molecular weight excluding hydrogens is 224 g/mol. The van der Waals surface area contributed by atoms with Crippen molar-refractivity contribution >= 4 is 29.1 Å². The van der Waals surface area contributed by atoms with Gasteiger partial charge in [0.1, 0.15) is 6.07 Å². The van der Waals surface area contributed by atoms with E-state index in [1.54, 1.807) is 6.26 Å². The molecule has 0 saturated carbocycles. The van der Waals surface area contributed by atoms with E-state index in [1.807, 2.05) is 6.07 Å². The van der Waals surface area contributed by atoms with Crippen LogP contribution in [-0.2, 0) is 0 Å². The van der Waals surface area contributed by atoms with E-state index in [4.69, 9.17) is 16.9 Å². The van der Waals surface area contributed by atoms with Gasteiger partial charge < -0.3 is 0 Å². The fraction of sp³-hybridized carbons (Fsp3) is 0.125. The molecule has 0 atom stereocenters. The Morgan fingerprint density at radius 3 is 2.71 bits per heavy atom. The number of thioether (sulfide) groups is 1. The van der Waals surface area contributed by atoms with E-state index in [9.17, 15) is 10.1 Å². The zero-order valence-corrected chi connectivity index (χ0v) is 8.72. The summed E-state index contributed by atoms with van der Waals surface area (Å²) >= 11 is 7.07. The standard InChI is InChI=1S/C8H5ClN2O2S/c1-14-8-5(4-10)2-6(11(12)13)3-7(8)9/h2-3H,1H3. The van der Waals surface area contributed by atoms with Gasteiger partial charge in [-0.3, -0.25) is 10.1 Å². The van der Waals surface area contributed by atoms with Gasteiger partial charge >= 0.3 is 0 Å². The van der Waals surface area contributed by atoms with E-state index in [0.29, 0.717) is 4.90 Å². The van der Waals surface area contributed by atoms with Gasteiger partial charge in [-0.15, -0.1) is 11.8 Å². The second-order valence-electron chi connectivity index (χ2n) is 2.38. The maximum atomic E-state index is 10.5. The van der Waals surface area contributed by atoms with Crippen molar-refractivity contribution in [2.45, 2.75) is 4.90 Å².